The maximum Gasteiger partial charge on any atom is 0.0572 e. The lowest BCUT2D eigenvalue weighted by molar-refractivity contribution is 0.0408. The first-order valence-corrected chi connectivity index (χ1v) is 8.78. The van der Waals surface area contributed by atoms with E-state index in [0.717, 1.165) is 6.61 Å². The van der Waals surface area contributed by atoms with Gasteiger partial charge in [0.15, 0.2) is 0 Å². The molecule has 0 fully saturated rings. The summed E-state index contributed by atoms with van der Waals surface area (Å²) in [6, 6.07) is 0. The quantitative estimate of drug-likeness (QED) is 0.316. The second kappa shape index (κ2) is 16.0. The molecule has 1 heteroatoms. The normalized spacial score (nSPS) is 12.8. The summed E-state index contributed by atoms with van der Waals surface area (Å²) in [4.78, 5) is 0. The van der Waals surface area contributed by atoms with E-state index in [0.29, 0.717) is 6.10 Å². The number of hydrogen-bond acceptors (Lipinski definition) is 1. The summed E-state index contributed by atoms with van der Waals surface area (Å²) in [5, 5.41) is 0. The van der Waals surface area contributed by atoms with E-state index in [1.807, 2.05) is 0 Å². The van der Waals surface area contributed by atoms with E-state index in [-0.39, 0.29) is 0 Å². The average molecular weight is 269 g/mol. The molecule has 0 aliphatic heterocycles. The predicted molar refractivity (Wildman–Crippen MR) is 86.5 cm³/mol. The van der Waals surface area contributed by atoms with Crippen molar-refractivity contribution in [1.29, 1.82) is 0 Å². The first-order chi connectivity index (χ1) is 9.35. The van der Waals surface area contributed by atoms with Gasteiger partial charge in [0.2, 0.25) is 0 Å². The molecule has 0 aliphatic carbocycles. The van der Waals surface area contributed by atoms with Gasteiger partial charge < -0.3 is 4.74 Å². The fourth-order valence-electron chi connectivity index (χ4n) is 2.40. The van der Waals surface area contributed by atoms with E-state index in [9.17, 15) is 0 Å². The third-order valence-electron chi connectivity index (χ3n) is 3.78. The lowest BCUT2D eigenvalue weighted by Crippen LogP contribution is -2.12. The van der Waals surface area contributed by atoms with Crippen LogP contribution in [0.1, 0.15) is 97.8 Å². The van der Waals surface area contributed by atoms with Crippen LogP contribution in [-0.4, -0.2) is 12.7 Å². The largest absolute Gasteiger partial charge is 0.378 e. The fraction of sp³-hybridized carbons (Fsp3) is 0.944. The molecule has 0 aromatic heterocycles. The Kier molecular flexibility index (Phi) is 16.0. The molecular weight excluding hydrogens is 232 g/mol. The molecule has 0 amide bonds. The van der Waals surface area contributed by atoms with Crippen molar-refractivity contribution in [1.82, 2.24) is 0 Å². The Labute approximate surface area is 122 Å². The molecule has 1 atom stereocenters. The summed E-state index contributed by atoms with van der Waals surface area (Å²) in [7, 11) is 0. The van der Waals surface area contributed by atoms with Crippen molar-refractivity contribution in [2.75, 3.05) is 6.61 Å². The number of ether oxygens (including phenoxy) is 1. The van der Waals surface area contributed by atoms with Crippen molar-refractivity contribution < 1.29 is 4.74 Å². The van der Waals surface area contributed by atoms with Crippen LogP contribution in [0, 0.1) is 6.42 Å². The van der Waals surface area contributed by atoms with Gasteiger partial charge >= 0.3 is 0 Å². The fourth-order valence-corrected chi connectivity index (χ4v) is 2.40. The molecule has 1 radical (unpaired) electrons. The van der Waals surface area contributed by atoms with Crippen LogP contribution in [-0.2, 0) is 4.74 Å². The van der Waals surface area contributed by atoms with Gasteiger partial charge in [-0.1, -0.05) is 78.6 Å². The van der Waals surface area contributed by atoms with Crippen LogP contribution in [0.15, 0.2) is 0 Å². The highest BCUT2D eigenvalue weighted by atomic mass is 16.5. The van der Waals surface area contributed by atoms with Crippen molar-refractivity contribution in [2.45, 2.75) is 104 Å². The molecule has 0 aliphatic rings. The van der Waals surface area contributed by atoms with Crippen LogP contribution in [0.3, 0.4) is 0 Å². The summed E-state index contributed by atoms with van der Waals surface area (Å²) >= 11 is 0. The van der Waals surface area contributed by atoms with E-state index in [4.69, 9.17) is 4.74 Å². The van der Waals surface area contributed by atoms with Gasteiger partial charge in [-0.2, -0.15) is 0 Å². The van der Waals surface area contributed by atoms with Gasteiger partial charge in [-0.05, 0) is 25.7 Å². The Morgan fingerprint density at radius 3 is 2.26 bits per heavy atom. The summed E-state index contributed by atoms with van der Waals surface area (Å²) in [5.74, 6) is 0. The second-order valence-corrected chi connectivity index (χ2v) is 5.65. The van der Waals surface area contributed by atoms with Crippen LogP contribution in [0.5, 0.6) is 0 Å². The monoisotopic (exact) mass is 269 g/mol. The van der Waals surface area contributed by atoms with Gasteiger partial charge in [0.25, 0.3) is 0 Å². The molecule has 1 nitrogen and oxygen atoms in total. The lowest BCUT2D eigenvalue weighted by Gasteiger charge is -2.16. The van der Waals surface area contributed by atoms with E-state index >= 15 is 0 Å². The molecule has 0 saturated carbocycles. The Balaban J connectivity index is 3.29. The highest BCUT2D eigenvalue weighted by Crippen LogP contribution is 2.13. The maximum atomic E-state index is 5.99. The molecule has 0 heterocycles. The molecular formula is C18H37O. The van der Waals surface area contributed by atoms with E-state index in [1.54, 1.807) is 0 Å². The van der Waals surface area contributed by atoms with Crippen molar-refractivity contribution >= 4 is 0 Å². The highest BCUT2D eigenvalue weighted by molar-refractivity contribution is 4.63. The third kappa shape index (κ3) is 14.2. The maximum absolute atomic E-state index is 5.99. The standard InChI is InChI=1S/C18H37O/c1-4-7-9-11-13-15-17-19-18(6-3)16-14-12-10-8-5-2/h8,18H,4-7,9-17H2,1-3H3. The van der Waals surface area contributed by atoms with E-state index in [2.05, 4.69) is 27.2 Å². The third-order valence-corrected chi connectivity index (χ3v) is 3.78. The summed E-state index contributed by atoms with van der Waals surface area (Å²) < 4.78 is 5.99. The van der Waals surface area contributed by atoms with Crippen LogP contribution in [0.25, 0.3) is 0 Å². The minimum atomic E-state index is 0.511. The van der Waals surface area contributed by atoms with E-state index < -0.39 is 0 Å². The lowest BCUT2D eigenvalue weighted by atomic mass is 10.1. The smallest absolute Gasteiger partial charge is 0.0572 e. The van der Waals surface area contributed by atoms with Gasteiger partial charge in [-0.15, -0.1) is 0 Å². The van der Waals surface area contributed by atoms with Crippen molar-refractivity contribution in [3.8, 4) is 0 Å². The topological polar surface area (TPSA) is 9.23 Å². The highest BCUT2D eigenvalue weighted by Gasteiger charge is 2.05. The molecule has 1 unspecified atom stereocenters. The number of rotatable bonds is 15. The van der Waals surface area contributed by atoms with Crippen LogP contribution >= 0.6 is 0 Å². The molecule has 0 spiro atoms. The molecule has 0 rings (SSSR count). The van der Waals surface area contributed by atoms with Crippen LogP contribution in [0.2, 0.25) is 0 Å². The van der Waals surface area contributed by atoms with Crippen molar-refractivity contribution in [3.05, 3.63) is 6.42 Å². The second-order valence-electron chi connectivity index (χ2n) is 5.65. The van der Waals surface area contributed by atoms with Crippen LogP contribution in [0.4, 0.5) is 0 Å². The number of unbranched alkanes of at least 4 members (excludes halogenated alkanes) is 9. The minimum Gasteiger partial charge on any atom is -0.378 e. The van der Waals surface area contributed by atoms with Gasteiger partial charge in [0.05, 0.1) is 6.10 Å². The molecule has 0 N–H and O–H groups in total. The van der Waals surface area contributed by atoms with Gasteiger partial charge in [0.1, 0.15) is 0 Å². The zero-order chi connectivity index (χ0) is 14.2. The van der Waals surface area contributed by atoms with Crippen LogP contribution < -0.4 is 0 Å². The molecule has 0 aromatic carbocycles. The Morgan fingerprint density at radius 2 is 1.58 bits per heavy atom. The van der Waals surface area contributed by atoms with E-state index in [1.165, 1.54) is 77.0 Å². The summed E-state index contributed by atoms with van der Waals surface area (Å²) in [6.07, 6.45) is 18.6. The van der Waals surface area contributed by atoms with Gasteiger partial charge in [0, 0.05) is 6.61 Å². The molecule has 0 aromatic rings. The molecule has 19 heavy (non-hydrogen) atoms. The molecule has 115 valence electrons. The van der Waals surface area contributed by atoms with Gasteiger partial charge in [-0.25, -0.2) is 0 Å². The first kappa shape index (κ1) is 19.0. The SMILES string of the molecule is CC[CH]CCCCC(CC)OCCCCCCCC. The predicted octanol–water partition coefficient (Wildman–Crippen LogP) is 6.32. The van der Waals surface area contributed by atoms with Crippen molar-refractivity contribution in [3.63, 3.8) is 0 Å². The average Bonchev–Trinajstić information content (AvgIpc) is 2.44. The molecule has 0 saturated heterocycles. The Hall–Kier alpha value is -0.0400. The molecule has 0 bridgehead atoms. The van der Waals surface area contributed by atoms with Gasteiger partial charge in [-0.3, -0.25) is 0 Å². The zero-order valence-corrected chi connectivity index (χ0v) is 13.8. The minimum absolute atomic E-state index is 0.511. The summed E-state index contributed by atoms with van der Waals surface area (Å²) in [5.41, 5.74) is 0. The van der Waals surface area contributed by atoms with Crippen molar-refractivity contribution in [2.24, 2.45) is 0 Å². The zero-order valence-electron chi connectivity index (χ0n) is 13.8. The number of hydrogen-bond donors (Lipinski definition) is 0. The summed E-state index contributed by atoms with van der Waals surface area (Å²) in [6.45, 7) is 7.72. The first-order valence-electron chi connectivity index (χ1n) is 8.78. The Bertz CT molecular complexity index is 156. The Morgan fingerprint density at radius 1 is 0.842 bits per heavy atom.